The van der Waals surface area contributed by atoms with E-state index in [4.69, 9.17) is 22.3 Å². The van der Waals surface area contributed by atoms with Crippen molar-refractivity contribution in [1.82, 2.24) is 19.4 Å². The number of hydrogen-bond donors (Lipinski definition) is 1. The average molecular weight is 529 g/mol. The molecule has 2 aliphatic rings. The van der Waals surface area contributed by atoms with Crippen molar-refractivity contribution in [2.75, 3.05) is 38.5 Å². The normalized spacial score (nSPS) is 19.2. The summed E-state index contributed by atoms with van der Waals surface area (Å²) in [6.07, 6.45) is 7.30. The molecule has 3 heterocycles. The number of carbonyl (C=O) groups is 1. The van der Waals surface area contributed by atoms with E-state index in [1.54, 1.807) is 24.9 Å². The van der Waals surface area contributed by atoms with Crippen LogP contribution in [0.15, 0.2) is 52.8 Å². The number of nitrogens with two attached hydrogens (primary N) is 1. The number of likely N-dealkylation sites (tertiary alicyclic amines) is 2. The zero-order valence-electron chi connectivity index (χ0n) is 21.3. The highest BCUT2D eigenvalue weighted by molar-refractivity contribution is 7.99. The molecule has 2 fully saturated rings. The van der Waals surface area contributed by atoms with E-state index in [9.17, 15) is 4.79 Å². The maximum atomic E-state index is 13.3. The summed E-state index contributed by atoms with van der Waals surface area (Å²) in [6.45, 7) is 12.0. The SMILES string of the molecule is C=C/C(=C\N=C(/C)N)CN1CCC(C(=O)N2CCC(n3c(SCC)nc4cc(Cl)ccc43)CC2)CC1. The van der Waals surface area contributed by atoms with Gasteiger partial charge in [-0.25, -0.2) is 9.98 Å². The standard InChI is InChI=1S/C27H37ClN6OS/c1-4-20(17-30-19(3)29)18-32-12-8-21(9-13-32)26(35)33-14-10-23(11-15-33)34-25-7-6-22(28)16-24(25)31-27(34)36-5-2/h4,6-7,16-17,21,23H,1,5,8-15,18H2,2-3H3,(H2,29,30)/b20-17+. The predicted octanol–water partition coefficient (Wildman–Crippen LogP) is 5.12. The number of hydrogen-bond acceptors (Lipinski definition) is 5. The van der Waals surface area contributed by atoms with Crippen molar-refractivity contribution < 1.29 is 4.79 Å². The summed E-state index contributed by atoms with van der Waals surface area (Å²) in [4.78, 5) is 26.8. The lowest BCUT2D eigenvalue weighted by molar-refractivity contribution is -0.138. The molecule has 1 aromatic carbocycles. The summed E-state index contributed by atoms with van der Waals surface area (Å²) >= 11 is 7.98. The summed E-state index contributed by atoms with van der Waals surface area (Å²) in [5.74, 6) is 1.94. The van der Waals surface area contributed by atoms with Gasteiger partial charge >= 0.3 is 0 Å². The van der Waals surface area contributed by atoms with Crippen LogP contribution in [0.1, 0.15) is 45.6 Å². The molecule has 0 atom stereocenters. The van der Waals surface area contributed by atoms with Crippen molar-refractivity contribution in [3.8, 4) is 0 Å². The summed E-state index contributed by atoms with van der Waals surface area (Å²) in [5, 5.41) is 1.76. The maximum Gasteiger partial charge on any atom is 0.225 e. The molecule has 2 saturated heterocycles. The number of carbonyl (C=O) groups excluding carboxylic acids is 1. The lowest BCUT2D eigenvalue weighted by Crippen LogP contribution is -2.45. The quantitative estimate of drug-likeness (QED) is 0.222. The molecule has 1 aromatic heterocycles. The molecule has 0 bridgehead atoms. The number of fused-ring (bicyclic) bond motifs is 1. The summed E-state index contributed by atoms with van der Waals surface area (Å²) < 4.78 is 2.38. The Kier molecular flexibility index (Phi) is 9.14. The molecule has 0 aliphatic carbocycles. The number of aromatic nitrogens is 2. The fraction of sp³-hybridized carbons (Fsp3) is 0.519. The monoisotopic (exact) mass is 528 g/mol. The summed E-state index contributed by atoms with van der Waals surface area (Å²) in [6, 6.07) is 6.30. The number of thioether (sulfide) groups is 1. The molecule has 0 radical (unpaired) electrons. The molecule has 7 nitrogen and oxygen atoms in total. The van der Waals surface area contributed by atoms with Gasteiger partial charge in [0.2, 0.25) is 5.91 Å². The molecule has 0 spiro atoms. The lowest BCUT2D eigenvalue weighted by atomic mass is 9.93. The molecular weight excluding hydrogens is 492 g/mol. The van der Waals surface area contributed by atoms with Gasteiger partial charge in [0.1, 0.15) is 0 Å². The van der Waals surface area contributed by atoms with Gasteiger partial charge in [-0.2, -0.15) is 0 Å². The molecule has 1 amide bonds. The van der Waals surface area contributed by atoms with E-state index in [-0.39, 0.29) is 5.92 Å². The Bertz CT molecular complexity index is 1140. The second-order valence-corrected chi connectivity index (χ2v) is 11.3. The fourth-order valence-electron chi connectivity index (χ4n) is 5.18. The van der Waals surface area contributed by atoms with Crippen LogP contribution in [0, 0.1) is 5.92 Å². The highest BCUT2D eigenvalue weighted by Gasteiger charge is 2.32. The fourth-order valence-corrected chi connectivity index (χ4v) is 6.15. The van der Waals surface area contributed by atoms with Gasteiger partial charge in [-0.3, -0.25) is 9.69 Å². The Morgan fingerprint density at radius 2 is 1.97 bits per heavy atom. The first-order valence-corrected chi connectivity index (χ1v) is 14.2. The number of nitrogens with zero attached hydrogens (tertiary/aromatic N) is 5. The van der Waals surface area contributed by atoms with Crippen LogP contribution in [-0.2, 0) is 4.79 Å². The number of piperidine rings is 2. The van der Waals surface area contributed by atoms with Crippen LogP contribution in [-0.4, -0.2) is 69.6 Å². The van der Waals surface area contributed by atoms with Crippen molar-refractivity contribution in [1.29, 1.82) is 0 Å². The first kappa shape index (κ1) is 26.8. The zero-order chi connectivity index (χ0) is 25.7. The van der Waals surface area contributed by atoms with Gasteiger partial charge in [-0.15, -0.1) is 0 Å². The number of amidine groups is 1. The van der Waals surface area contributed by atoms with Crippen LogP contribution in [0.4, 0.5) is 0 Å². The number of aliphatic imine (C=N–C) groups is 1. The molecule has 36 heavy (non-hydrogen) atoms. The van der Waals surface area contributed by atoms with E-state index in [1.807, 2.05) is 18.2 Å². The van der Waals surface area contributed by atoms with Crippen LogP contribution < -0.4 is 5.73 Å². The van der Waals surface area contributed by atoms with Gasteiger partial charge in [0, 0.05) is 42.8 Å². The molecule has 2 aliphatic heterocycles. The van der Waals surface area contributed by atoms with Gasteiger partial charge in [0.15, 0.2) is 5.16 Å². The molecule has 194 valence electrons. The second-order valence-electron chi connectivity index (χ2n) is 9.62. The maximum absolute atomic E-state index is 13.3. The van der Waals surface area contributed by atoms with E-state index in [0.717, 1.165) is 85.9 Å². The van der Waals surface area contributed by atoms with Crippen LogP contribution in [0.5, 0.6) is 0 Å². The van der Waals surface area contributed by atoms with Gasteiger partial charge in [0.25, 0.3) is 0 Å². The smallest absolute Gasteiger partial charge is 0.225 e. The summed E-state index contributed by atoms with van der Waals surface area (Å²) in [5.41, 5.74) is 8.77. The van der Waals surface area contributed by atoms with Crippen molar-refractivity contribution in [2.45, 2.75) is 50.7 Å². The molecule has 2 N–H and O–H groups in total. The first-order valence-electron chi connectivity index (χ1n) is 12.8. The first-order chi connectivity index (χ1) is 17.4. The van der Waals surface area contributed by atoms with E-state index >= 15 is 0 Å². The third kappa shape index (κ3) is 6.33. The summed E-state index contributed by atoms with van der Waals surface area (Å²) in [7, 11) is 0. The highest BCUT2D eigenvalue weighted by Crippen LogP contribution is 2.34. The minimum Gasteiger partial charge on any atom is -0.387 e. The van der Waals surface area contributed by atoms with Gasteiger partial charge in [-0.05, 0) is 75.2 Å². The van der Waals surface area contributed by atoms with Crippen LogP contribution in [0.3, 0.4) is 0 Å². The minimum atomic E-state index is 0.112. The Balaban J connectivity index is 1.33. The largest absolute Gasteiger partial charge is 0.387 e. The number of benzene rings is 1. The topological polar surface area (TPSA) is 79.8 Å². The van der Waals surface area contributed by atoms with Crippen molar-refractivity contribution in [3.05, 3.63) is 47.6 Å². The molecule has 2 aromatic rings. The third-order valence-corrected chi connectivity index (χ3v) is 8.14. The van der Waals surface area contributed by atoms with Crippen molar-refractivity contribution in [2.24, 2.45) is 16.6 Å². The van der Waals surface area contributed by atoms with Gasteiger partial charge in [0.05, 0.1) is 16.9 Å². The Morgan fingerprint density at radius 3 is 2.61 bits per heavy atom. The Morgan fingerprint density at radius 1 is 1.25 bits per heavy atom. The zero-order valence-corrected chi connectivity index (χ0v) is 22.9. The molecular formula is C27H37ClN6OS. The van der Waals surface area contributed by atoms with Crippen molar-refractivity contribution >= 4 is 46.1 Å². The molecule has 0 saturated carbocycles. The Labute approximate surface area is 223 Å². The lowest BCUT2D eigenvalue weighted by Gasteiger charge is -2.38. The van der Waals surface area contributed by atoms with Crippen LogP contribution in [0.25, 0.3) is 11.0 Å². The Hall–Kier alpha value is -2.29. The van der Waals surface area contributed by atoms with Crippen LogP contribution >= 0.6 is 23.4 Å². The highest BCUT2D eigenvalue weighted by atomic mass is 35.5. The number of halogens is 1. The van der Waals surface area contributed by atoms with E-state index in [0.29, 0.717) is 22.8 Å². The number of rotatable bonds is 8. The molecule has 9 heteroatoms. The van der Waals surface area contributed by atoms with Crippen molar-refractivity contribution in [3.63, 3.8) is 0 Å². The molecule has 4 rings (SSSR count). The van der Waals surface area contributed by atoms with Gasteiger partial charge in [-0.1, -0.05) is 42.9 Å². The van der Waals surface area contributed by atoms with Crippen LogP contribution in [0.2, 0.25) is 5.02 Å². The number of imidazole rings is 1. The third-order valence-electron chi connectivity index (χ3n) is 7.07. The number of amides is 1. The minimum absolute atomic E-state index is 0.112. The van der Waals surface area contributed by atoms with E-state index < -0.39 is 0 Å². The van der Waals surface area contributed by atoms with Gasteiger partial charge < -0.3 is 15.2 Å². The van der Waals surface area contributed by atoms with E-state index in [2.05, 4.69) is 38.9 Å². The average Bonchev–Trinajstić information content (AvgIpc) is 3.23. The van der Waals surface area contributed by atoms with E-state index in [1.165, 1.54) is 0 Å². The molecule has 0 unspecified atom stereocenters. The predicted molar refractivity (Wildman–Crippen MR) is 151 cm³/mol. The second kappa shape index (κ2) is 12.3.